The maximum atomic E-state index is 10.5. The molecule has 0 aliphatic carbocycles. The largest absolute Gasteiger partial charge is 0.342 e. The van der Waals surface area contributed by atoms with Crippen molar-refractivity contribution < 1.29 is 4.79 Å². The summed E-state index contributed by atoms with van der Waals surface area (Å²) in [5, 5.41) is 2.47. The number of nitrogens with one attached hydrogen (secondary N) is 1. The molecule has 0 aliphatic rings. The predicted octanol–water partition coefficient (Wildman–Crippen LogP) is 0.312. The fraction of sp³-hybridized carbons (Fsp3) is 0.286. The van der Waals surface area contributed by atoms with Crippen molar-refractivity contribution in [3.8, 4) is 12.3 Å². The van der Waals surface area contributed by atoms with E-state index in [1.54, 1.807) is 13.0 Å². The lowest BCUT2D eigenvalue weighted by molar-refractivity contribution is -0.116. The molecular weight excluding hydrogens is 114 g/mol. The van der Waals surface area contributed by atoms with Gasteiger partial charge in [0.1, 0.15) is 0 Å². The van der Waals surface area contributed by atoms with Crippen molar-refractivity contribution >= 4 is 5.91 Å². The average molecular weight is 123 g/mol. The highest BCUT2D eigenvalue weighted by Gasteiger charge is 1.87. The van der Waals surface area contributed by atoms with Gasteiger partial charge < -0.3 is 5.32 Å². The summed E-state index contributed by atoms with van der Waals surface area (Å²) >= 11 is 0. The van der Waals surface area contributed by atoms with Gasteiger partial charge >= 0.3 is 0 Å². The molecule has 0 aromatic rings. The van der Waals surface area contributed by atoms with Crippen LogP contribution in [-0.4, -0.2) is 12.5 Å². The number of amides is 1. The van der Waals surface area contributed by atoms with Crippen LogP contribution < -0.4 is 5.32 Å². The molecule has 48 valence electrons. The highest BCUT2D eigenvalue weighted by molar-refractivity contribution is 5.87. The molecule has 0 radical (unpaired) electrons. The smallest absolute Gasteiger partial charge is 0.244 e. The van der Waals surface area contributed by atoms with Gasteiger partial charge in [-0.1, -0.05) is 12.0 Å². The van der Waals surface area contributed by atoms with Crippen LogP contribution in [0.3, 0.4) is 0 Å². The van der Waals surface area contributed by atoms with E-state index < -0.39 is 0 Å². The Bertz CT molecular complexity index is 153. The van der Waals surface area contributed by atoms with E-state index in [-0.39, 0.29) is 5.91 Å². The van der Waals surface area contributed by atoms with Crippen LogP contribution in [0.1, 0.15) is 6.92 Å². The Morgan fingerprint density at radius 2 is 2.56 bits per heavy atom. The highest BCUT2D eigenvalue weighted by atomic mass is 16.1. The second-order valence-corrected chi connectivity index (χ2v) is 1.42. The molecule has 0 rings (SSSR count). The molecular formula is C7H9NO. The molecule has 0 aliphatic heterocycles. The van der Waals surface area contributed by atoms with Gasteiger partial charge in [-0.05, 0) is 13.0 Å². The van der Waals surface area contributed by atoms with Crippen molar-refractivity contribution in [1.29, 1.82) is 0 Å². The first-order chi connectivity index (χ1) is 4.31. The van der Waals surface area contributed by atoms with Crippen LogP contribution >= 0.6 is 0 Å². The van der Waals surface area contributed by atoms with Crippen molar-refractivity contribution in [3.05, 3.63) is 12.2 Å². The molecule has 0 atom stereocenters. The van der Waals surface area contributed by atoms with Crippen molar-refractivity contribution in [2.24, 2.45) is 0 Å². The predicted molar refractivity (Wildman–Crippen MR) is 36.7 cm³/mol. The summed E-state index contributed by atoms with van der Waals surface area (Å²) in [7, 11) is 0. The molecule has 0 heterocycles. The quantitative estimate of drug-likeness (QED) is 0.415. The number of allylic oxidation sites excluding steroid dienone is 1. The van der Waals surface area contributed by atoms with Gasteiger partial charge in [0.05, 0.1) is 6.54 Å². The number of terminal acetylenes is 1. The Hall–Kier alpha value is -1.23. The minimum absolute atomic E-state index is 0.143. The molecule has 2 heteroatoms. The summed E-state index contributed by atoms with van der Waals surface area (Å²) in [5.74, 6) is 2.15. The van der Waals surface area contributed by atoms with E-state index in [1.807, 2.05) is 0 Å². The van der Waals surface area contributed by atoms with Crippen LogP contribution in [-0.2, 0) is 4.79 Å². The Balaban J connectivity index is 3.42. The molecule has 1 N–H and O–H groups in total. The lowest BCUT2D eigenvalue weighted by atomic mass is 10.5. The zero-order valence-corrected chi connectivity index (χ0v) is 5.35. The minimum atomic E-state index is -0.143. The van der Waals surface area contributed by atoms with E-state index in [4.69, 9.17) is 6.42 Å². The SMILES string of the molecule is C#CCNC(=O)C=CC. The van der Waals surface area contributed by atoms with Crippen LogP contribution in [0.15, 0.2) is 12.2 Å². The van der Waals surface area contributed by atoms with Gasteiger partial charge in [0.15, 0.2) is 0 Å². The Labute approximate surface area is 54.9 Å². The summed E-state index contributed by atoms with van der Waals surface area (Å²) in [5.41, 5.74) is 0. The van der Waals surface area contributed by atoms with Crippen molar-refractivity contribution in [2.45, 2.75) is 6.92 Å². The molecule has 0 bridgehead atoms. The molecule has 0 saturated carbocycles. The Kier molecular flexibility index (Phi) is 4.25. The zero-order chi connectivity index (χ0) is 7.11. The Morgan fingerprint density at radius 3 is 3.00 bits per heavy atom. The lowest BCUT2D eigenvalue weighted by Crippen LogP contribution is -2.20. The van der Waals surface area contributed by atoms with Crippen LogP contribution in [0.5, 0.6) is 0 Å². The summed E-state index contributed by atoms with van der Waals surface area (Å²) < 4.78 is 0. The molecule has 0 fully saturated rings. The summed E-state index contributed by atoms with van der Waals surface area (Å²) in [6.07, 6.45) is 7.97. The first kappa shape index (κ1) is 7.77. The van der Waals surface area contributed by atoms with Crippen molar-refractivity contribution in [3.63, 3.8) is 0 Å². The lowest BCUT2D eigenvalue weighted by Gasteiger charge is -1.91. The van der Waals surface area contributed by atoms with E-state index in [2.05, 4.69) is 11.2 Å². The maximum Gasteiger partial charge on any atom is 0.244 e. The van der Waals surface area contributed by atoms with E-state index in [9.17, 15) is 4.79 Å². The molecule has 0 saturated heterocycles. The van der Waals surface area contributed by atoms with E-state index >= 15 is 0 Å². The first-order valence-electron chi connectivity index (χ1n) is 2.65. The minimum Gasteiger partial charge on any atom is -0.342 e. The molecule has 0 unspecified atom stereocenters. The van der Waals surface area contributed by atoms with Gasteiger partial charge in [0.25, 0.3) is 0 Å². The Morgan fingerprint density at radius 1 is 1.89 bits per heavy atom. The van der Waals surface area contributed by atoms with Gasteiger partial charge in [-0.3, -0.25) is 4.79 Å². The van der Waals surface area contributed by atoms with E-state index in [1.165, 1.54) is 6.08 Å². The molecule has 0 aromatic carbocycles. The van der Waals surface area contributed by atoms with Crippen LogP contribution in [0.25, 0.3) is 0 Å². The number of hydrogen-bond donors (Lipinski definition) is 1. The van der Waals surface area contributed by atoms with Gasteiger partial charge in [0.2, 0.25) is 5.91 Å². The molecule has 0 spiro atoms. The van der Waals surface area contributed by atoms with Gasteiger partial charge in [-0.15, -0.1) is 6.42 Å². The van der Waals surface area contributed by atoms with Gasteiger partial charge in [0, 0.05) is 0 Å². The highest BCUT2D eigenvalue weighted by Crippen LogP contribution is 1.69. The van der Waals surface area contributed by atoms with E-state index in [0.29, 0.717) is 6.54 Å². The third kappa shape index (κ3) is 4.63. The van der Waals surface area contributed by atoms with E-state index in [0.717, 1.165) is 0 Å². The van der Waals surface area contributed by atoms with Crippen LogP contribution in [0.2, 0.25) is 0 Å². The third-order valence-electron chi connectivity index (χ3n) is 0.683. The molecule has 1 amide bonds. The zero-order valence-electron chi connectivity index (χ0n) is 5.35. The summed E-state index contributed by atoms with van der Waals surface area (Å²) in [6.45, 7) is 2.07. The molecule has 2 nitrogen and oxygen atoms in total. The summed E-state index contributed by atoms with van der Waals surface area (Å²) in [6, 6.07) is 0. The number of carbonyl (C=O) groups excluding carboxylic acids is 1. The van der Waals surface area contributed by atoms with Gasteiger partial charge in [-0.2, -0.15) is 0 Å². The molecule has 0 aromatic heterocycles. The fourth-order valence-electron chi connectivity index (χ4n) is 0.348. The monoisotopic (exact) mass is 123 g/mol. The average Bonchev–Trinajstić information content (AvgIpc) is 1.85. The number of rotatable bonds is 2. The van der Waals surface area contributed by atoms with Crippen LogP contribution in [0.4, 0.5) is 0 Å². The number of carbonyl (C=O) groups is 1. The topological polar surface area (TPSA) is 29.1 Å². The van der Waals surface area contributed by atoms with Crippen molar-refractivity contribution in [2.75, 3.05) is 6.54 Å². The standard InChI is InChI=1S/C7H9NO/c1-3-5-7(9)8-6-4-2/h2-3,5H,6H2,1H3,(H,8,9). The maximum absolute atomic E-state index is 10.5. The fourth-order valence-corrected chi connectivity index (χ4v) is 0.348. The van der Waals surface area contributed by atoms with Crippen LogP contribution in [0, 0.1) is 12.3 Å². The normalized spacial score (nSPS) is 8.89. The molecule has 9 heavy (non-hydrogen) atoms. The van der Waals surface area contributed by atoms with Crippen molar-refractivity contribution in [1.82, 2.24) is 5.32 Å². The third-order valence-corrected chi connectivity index (χ3v) is 0.683. The van der Waals surface area contributed by atoms with Gasteiger partial charge in [-0.25, -0.2) is 0 Å². The summed E-state index contributed by atoms with van der Waals surface area (Å²) in [4.78, 5) is 10.5. The second-order valence-electron chi connectivity index (χ2n) is 1.42. The number of hydrogen-bond acceptors (Lipinski definition) is 1. The first-order valence-corrected chi connectivity index (χ1v) is 2.65. The second kappa shape index (κ2) is 4.92.